The van der Waals surface area contributed by atoms with E-state index in [0.717, 1.165) is 13.0 Å². The molecule has 2 atom stereocenters. The number of piperidine rings is 1. The molecule has 0 aromatic carbocycles. The first-order valence-electron chi connectivity index (χ1n) is 5.82. The molecule has 1 aliphatic rings. The molecule has 0 aliphatic carbocycles. The summed E-state index contributed by atoms with van der Waals surface area (Å²) >= 11 is 0. The van der Waals surface area contributed by atoms with Gasteiger partial charge in [-0.25, -0.2) is 0 Å². The van der Waals surface area contributed by atoms with Gasteiger partial charge in [-0.05, 0) is 32.9 Å². The number of aliphatic hydroxyl groups is 1. The molecule has 14 heavy (non-hydrogen) atoms. The van der Waals surface area contributed by atoms with Gasteiger partial charge in [0, 0.05) is 18.6 Å². The summed E-state index contributed by atoms with van der Waals surface area (Å²) in [6.07, 6.45) is 5.00. The van der Waals surface area contributed by atoms with Crippen LogP contribution in [0.4, 0.5) is 0 Å². The van der Waals surface area contributed by atoms with E-state index >= 15 is 0 Å². The Labute approximate surface area is 87.5 Å². The first kappa shape index (κ1) is 12.0. The SMILES string of the molecule is CC[C@@H](CO)NCC1CCCCN1C. The van der Waals surface area contributed by atoms with Crippen molar-refractivity contribution in [2.24, 2.45) is 0 Å². The van der Waals surface area contributed by atoms with Gasteiger partial charge < -0.3 is 15.3 Å². The fraction of sp³-hybridized carbons (Fsp3) is 1.00. The van der Waals surface area contributed by atoms with Gasteiger partial charge in [0.1, 0.15) is 0 Å². The highest BCUT2D eigenvalue weighted by molar-refractivity contribution is 4.77. The van der Waals surface area contributed by atoms with Crippen LogP contribution in [0.25, 0.3) is 0 Å². The van der Waals surface area contributed by atoms with Crippen molar-refractivity contribution in [3.8, 4) is 0 Å². The second-order valence-electron chi connectivity index (χ2n) is 4.33. The van der Waals surface area contributed by atoms with Gasteiger partial charge >= 0.3 is 0 Å². The van der Waals surface area contributed by atoms with E-state index < -0.39 is 0 Å². The third-order valence-electron chi connectivity index (χ3n) is 3.28. The topological polar surface area (TPSA) is 35.5 Å². The Bertz CT molecular complexity index is 148. The Morgan fingerprint density at radius 1 is 1.50 bits per heavy atom. The van der Waals surface area contributed by atoms with E-state index in [1.165, 1.54) is 25.8 Å². The number of aliphatic hydroxyl groups excluding tert-OH is 1. The highest BCUT2D eigenvalue weighted by Crippen LogP contribution is 2.14. The van der Waals surface area contributed by atoms with Crippen molar-refractivity contribution in [2.75, 3.05) is 26.7 Å². The van der Waals surface area contributed by atoms with Gasteiger partial charge in [0.05, 0.1) is 6.61 Å². The van der Waals surface area contributed by atoms with Crippen molar-refractivity contribution in [3.63, 3.8) is 0 Å². The van der Waals surface area contributed by atoms with Crippen LogP contribution in [0.5, 0.6) is 0 Å². The van der Waals surface area contributed by atoms with Crippen LogP contribution in [-0.4, -0.2) is 48.8 Å². The summed E-state index contributed by atoms with van der Waals surface area (Å²) in [5.74, 6) is 0. The van der Waals surface area contributed by atoms with Crippen LogP contribution in [0.2, 0.25) is 0 Å². The van der Waals surface area contributed by atoms with E-state index in [9.17, 15) is 0 Å². The number of hydrogen-bond donors (Lipinski definition) is 2. The molecule has 1 rings (SSSR count). The normalized spacial score (nSPS) is 26.4. The minimum atomic E-state index is 0.257. The van der Waals surface area contributed by atoms with Gasteiger partial charge in [-0.3, -0.25) is 0 Å². The molecule has 2 N–H and O–H groups in total. The van der Waals surface area contributed by atoms with E-state index in [4.69, 9.17) is 5.11 Å². The lowest BCUT2D eigenvalue weighted by atomic mass is 10.0. The molecule has 0 bridgehead atoms. The number of likely N-dealkylation sites (tertiary alicyclic amines) is 1. The molecule has 0 saturated carbocycles. The Balaban J connectivity index is 2.21. The summed E-state index contributed by atoms with van der Waals surface area (Å²) in [7, 11) is 2.20. The highest BCUT2D eigenvalue weighted by atomic mass is 16.3. The monoisotopic (exact) mass is 200 g/mol. The van der Waals surface area contributed by atoms with Gasteiger partial charge in [0.2, 0.25) is 0 Å². The first-order chi connectivity index (χ1) is 6.77. The first-order valence-corrected chi connectivity index (χ1v) is 5.82. The van der Waals surface area contributed by atoms with Crippen LogP contribution in [0.15, 0.2) is 0 Å². The lowest BCUT2D eigenvalue weighted by Gasteiger charge is -2.33. The molecule has 1 heterocycles. The van der Waals surface area contributed by atoms with E-state index in [2.05, 4.69) is 24.2 Å². The third kappa shape index (κ3) is 3.56. The van der Waals surface area contributed by atoms with Crippen LogP contribution in [0.3, 0.4) is 0 Å². The van der Waals surface area contributed by atoms with Crippen LogP contribution in [0.1, 0.15) is 32.6 Å². The number of hydrogen-bond acceptors (Lipinski definition) is 3. The van der Waals surface area contributed by atoms with Crippen molar-refractivity contribution in [2.45, 2.75) is 44.7 Å². The molecule has 1 saturated heterocycles. The number of nitrogens with zero attached hydrogens (tertiary/aromatic N) is 1. The molecular formula is C11H24N2O. The second kappa shape index (κ2) is 6.38. The van der Waals surface area contributed by atoms with Gasteiger partial charge in [0.15, 0.2) is 0 Å². The zero-order chi connectivity index (χ0) is 10.4. The van der Waals surface area contributed by atoms with Crippen LogP contribution in [0, 0.1) is 0 Å². The van der Waals surface area contributed by atoms with E-state index in [1.807, 2.05) is 0 Å². The lowest BCUT2D eigenvalue weighted by Crippen LogP contribution is -2.46. The predicted octanol–water partition coefficient (Wildman–Crippen LogP) is 0.831. The van der Waals surface area contributed by atoms with Crippen molar-refractivity contribution >= 4 is 0 Å². The maximum atomic E-state index is 9.05. The fourth-order valence-electron chi connectivity index (χ4n) is 2.04. The average Bonchev–Trinajstić information content (AvgIpc) is 2.22. The Morgan fingerprint density at radius 3 is 2.86 bits per heavy atom. The molecule has 0 spiro atoms. The summed E-state index contributed by atoms with van der Waals surface area (Å²) in [6.45, 7) is 4.61. The maximum absolute atomic E-state index is 9.05. The van der Waals surface area contributed by atoms with E-state index in [0.29, 0.717) is 6.04 Å². The average molecular weight is 200 g/mol. The summed E-state index contributed by atoms with van der Waals surface area (Å²) in [5, 5.41) is 12.5. The van der Waals surface area contributed by atoms with Gasteiger partial charge in [-0.15, -0.1) is 0 Å². The summed E-state index contributed by atoms with van der Waals surface area (Å²) in [6, 6.07) is 0.953. The van der Waals surface area contributed by atoms with Crippen molar-refractivity contribution in [1.82, 2.24) is 10.2 Å². The molecule has 0 radical (unpaired) electrons. The number of rotatable bonds is 5. The minimum absolute atomic E-state index is 0.257. The van der Waals surface area contributed by atoms with Gasteiger partial charge in [-0.2, -0.15) is 0 Å². The molecule has 1 unspecified atom stereocenters. The maximum Gasteiger partial charge on any atom is 0.0584 e. The molecule has 0 aromatic heterocycles. The van der Waals surface area contributed by atoms with Crippen LogP contribution < -0.4 is 5.32 Å². The van der Waals surface area contributed by atoms with Crippen LogP contribution in [-0.2, 0) is 0 Å². The zero-order valence-electron chi connectivity index (χ0n) is 9.50. The van der Waals surface area contributed by atoms with Crippen LogP contribution >= 0.6 is 0 Å². The molecular weight excluding hydrogens is 176 g/mol. The highest BCUT2D eigenvalue weighted by Gasteiger charge is 2.19. The Kier molecular flexibility index (Phi) is 5.45. The van der Waals surface area contributed by atoms with E-state index in [1.54, 1.807) is 0 Å². The van der Waals surface area contributed by atoms with Gasteiger partial charge in [-0.1, -0.05) is 13.3 Å². The minimum Gasteiger partial charge on any atom is -0.395 e. The standard InChI is InChI=1S/C11H24N2O/c1-3-10(9-14)12-8-11-6-4-5-7-13(11)2/h10-12,14H,3-9H2,1-2H3/t10-,11?/m0/s1. The molecule has 0 amide bonds. The smallest absolute Gasteiger partial charge is 0.0584 e. The molecule has 3 heteroatoms. The molecule has 3 nitrogen and oxygen atoms in total. The largest absolute Gasteiger partial charge is 0.395 e. The summed E-state index contributed by atoms with van der Waals surface area (Å²) in [5.41, 5.74) is 0. The number of likely N-dealkylation sites (N-methyl/N-ethyl adjacent to an activating group) is 1. The van der Waals surface area contributed by atoms with E-state index in [-0.39, 0.29) is 12.6 Å². The lowest BCUT2D eigenvalue weighted by molar-refractivity contribution is 0.166. The molecule has 0 aromatic rings. The molecule has 1 aliphatic heterocycles. The summed E-state index contributed by atoms with van der Waals surface area (Å²) in [4.78, 5) is 2.43. The zero-order valence-corrected chi connectivity index (χ0v) is 9.50. The van der Waals surface area contributed by atoms with Crippen molar-refractivity contribution in [3.05, 3.63) is 0 Å². The fourth-order valence-corrected chi connectivity index (χ4v) is 2.04. The third-order valence-corrected chi connectivity index (χ3v) is 3.28. The Morgan fingerprint density at radius 2 is 2.29 bits per heavy atom. The molecule has 84 valence electrons. The quantitative estimate of drug-likeness (QED) is 0.690. The Hall–Kier alpha value is -0.120. The van der Waals surface area contributed by atoms with Gasteiger partial charge in [0.25, 0.3) is 0 Å². The van der Waals surface area contributed by atoms with Crippen molar-refractivity contribution in [1.29, 1.82) is 0 Å². The second-order valence-corrected chi connectivity index (χ2v) is 4.33. The summed E-state index contributed by atoms with van der Waals surface area (Å²) < 4.78 is 0. The number of nitrogens with one attached hydrogen (secondary N) is 1. The predicted molar refractivity (Wildman–Crippen MR) is 59.4 cm³/mol. The van der Waals surface area contributed by atoms with Crippen molar-refractivity contribution < 1.29 is 5.11 Å². The molecule has 1 fully saturated rings.